The Bertz CT molecular complexity index is 496. The fourth-order valence-electron chi connectivity index (χ4n) is 1.43. The highest BCUT2D eigenvalue weighted by Gasteiger charge is 2.14. The quantitative estimate of drug-likeness (QED) is 0.469. The number of ether oxygens (including phenoxy) is 1. The molecule has 0 atom stereocenters. The highest BCUT2D eigenvalue weighted by molar-refractivity contribution is 8.13. The summed E-state index contributed by atoms with van der Waals surface area (Å²) in [5.41, 5.74) is 0.634. The molecule has 0 spiro atoms. The summed E-state index contributed by atoms with van der Waals surface area (Å²) in [4.78, 5) is 10.7. The summed E-state index contributed by atoms with van der Waals surface area (Å²) in [5, 5.41) is 0. The van der Waals surface area contributed by atoms with Gasteiger partial charge in [-0.3, -0.25) is 4.79 Å². The Labute approximate surface area is 105 Å². The topological polar surface area (TPSA) is 60.4 Å². The van der Waals surface area contributed by atoms with E-state index in [0.717, 1.165) is 0 Å². The van der Waals surface area contributed by atoms with Crippen LogP contribution < -0.4 is 0 Å². The Morgan fingerprint density at radius 1 is 1.35 bits per heavy atom. The van der Waals surface area contributed by atoms with Crippen LogP contribution in [0.5, 0.6) is 0 Å². The van der Waals surface area contributed by atoms with E-state index in [1.54, 1.807) is 18.2 Å². The number of rotatable bonds is 5. The van der Waals surface area contributed by atoms with Crippen LogP contribution in [0.25, 0.3) is 0 Å². The van der Waals surface area contributed by atoms with Crippen LogP contribution in [0.15, 0.2) is 29.2 Å². The summed E-state index contributed by atoms with van der Waals surface area (Å²) in [6, 6.07) is 6.52. The van der Waals surface area contributed by atoms with E-state index in [4.69, 9.17) is 15.4 Å². The van der Waals surface area contributed by atoms with Crippen molar-refractivity contribution in [3.8, 4) is 0 Å². The first-order valence-electron chi connectivity index (χ1n) is 5.07. The van der Waals surface area contributed by atoms with Crippen LogP contribution in [-0.4, -0.2) is 21.0 Å². The lowest BCUT2D eigenvalue weighted by Gasteiger charge is -2.06. The molecule has 0 unspecified atom stereocenters. The van der Waals surface area contributed by atoms with E-state index in [9.17, 15) is 13.2 Å². The standard InChI is InChI=1S/C11H13ClO4S/c1-9(13)16-8-4-6-10-5-2-3-7-11(10)17(12,14)15/h2-3,5,7H,4,6,8H2,1H3. The van der Waals surface area contributed by atoms with E-state index in [1.807, 2.05) is 0 Å². The molecular formula is C11H13ClO4S. The summed E-state index contributed by atoms with van der Waals surface area (Å²) in [6.07, 6.45) is 1.05. The van der Waals surface area contributed by atoms with Crippen LogP contribution in [0.2, 0.25) is 0 Å². The molecule has 0 aliphatic heterocycles. The SMILES string of the molecule is CC(=O)OCCCc1ccccc1S(=O)(=O)Cl. The van der Waals surface area contributed by atoms with Crippen molar-refractivity contribution in [1.29, 1.82) is 0 Å². The van der Waals surface area contributed by atoms with Crippen molar-refractivity contribution in [3.05, 3.63) is 29.8 Å². The smallest absolute Gasteiger partial charge is 0.302 e. The normalized spacial score (nSPS) is 11.2. The van der Waals surface area contributed by atoms with E-state index in [1.165, 1.54) is 13.0 Å². The van der Waals surface area contributed by atoms with Gasteiger partial charge in [0.25, 0.3) is 9.05 Å². The monoisotopic (exact) mass is 276 g/mol. The Morgan fingerprint density at radius 3 is 2.59 bits per heavy atom. The molecule has 94 valence electrons. The molecule has 4 nitrogen and oxygen atoms in total. The Kier molecular flexibility index (Phi) is 4.96. The van der Waals surface area contributed by atoms with Gasteiger partial charge in [-0.05, 0) is 24.5 Å². The number of esters is 1. The molecule has 0 saturated heterocycles. The van der Waals surface area contributed by atoms with Crippen LogP contribution in [0.1, 0.15) is 18.9 Å². The second kappa shape index (κ2) is 6.02. The first kappa shape index (κ1) is 14.0. The minimum atomic E-state index is -3.72. The molecule has 1 aromatic rings. The van der Waals surface area contributed by atoms with Gasteiger partial charge in [0.2, 0.25) is 0 Å². The second-order valence-corrected chi connectivity index (χ2v) is 6.02. The van der Waals surface area contributed by atoms with Crippen molar-refractivity contribution in [2.24, 2.45) is 0 Å². The van der Waals surface area contributed by atoms with Gasteiger partial charge in [-0.15, -0.1) is 0 Å². The predicted octanol–water partition coefficient (Wildman–Crippen LogP) is 2.11. The Morgan fingerprint density at radius 2 is 2.00 bits per heavy atom. The van der Waals surface area contributed by atoms with Gasteiger partial charge in [-0.1, -0.05) is 18.2 Å². The first-order chi connectivity index (χ1) is 7.91. The summed E-state index contributed by atoms with van der Waals surface area (Å²) >= 11 is 0. The number of hydrogen-bond donors (Lipinski definition) is 0. The Balaban J connectivity index is 2.68. The summed E-state index contributed by atoms with van der Waals surface area (Å²) in [6.45, 7) is 1.60. The minimum absolute atomic E-state index is 0.115. The van der Waals surface area contributed by atoms with Gasteiger partial charge in [-0.25, -0.2) is 8.42 Å². The zero-order chi connectivity index (χ0) is 12.9. The largest absolute Gasteiger partial charge is 0.466 e. The molecule has 0 aromatic heterocycles. The Hall–Kier alpha value is -1.07. The molecule has 0 aliphatic rings. The average Bonchev–Trinajstić information content (AvgIpc) is 2.23. The molecular weight excluding hydrogens is 264 g/mol. The van der Waals surface area contributed by atoms with Gasteiger partial charge in [0, 0.05) is 17.6 Å². The molecule has 6 heteroatoms. The maximum Gasteiger partial charge on any atom is 0.302 e. The van der Waals surface area contributed by atoms with Gasteiger partial charge in [-0.2, -0.15) is 0 Å². The van der Waals surface area contributed by atoms with Crippen molar-refractivity contribution < 1.29 is 17.9 Å². The molecule has 0 bridgehead atoms. The third-order valence-electron chi connectivity index (χ3n) is 2.13. The minimum Gasteiger partial charge on any atom is -0.466 e. The van der Waals surface area contributed by atoms with Crippen molar-refractivity contribution >= 4 is 25.7 Å². The number of carbonyl (C=O) groups excluding carboxylic acids is 1. The first-order valence-corrected chi connectivity index (χ1v) is 7.38. The number of carbonyl (C=O) groups is 1. The number of halogens is 1. The van der Waals surface area contributed by atoms with Gasteiger partial charge in [0.1, 0.15) is 0 Å². The molecule has 0 heterocycles. The van der Waals surface area contributed by atoms with Crippen LogP contribution in [0.3, 0.4) is 0 Å². The predicted molar refractivity (Wildman–Crippen MR) is 64.4 cm³/mol. The van der Waals surface area contributed by atoms with Crippen LogP contribution >= 0.6 is 10.7 Å². The van der Waals surface area contributed by atoms with E-state index >= 15 is 0 Å². The zero-order valence-electron chi connectivity index (χ0n) is 9.35. The third-order valence-corrected chi connectivity index (χ3v) is 3.55. The lowest BCUT2D eigenvalue weighted by atomic mass is 10.1. The average molecular weight is 277 g/mol. The third kappa shape index (κ3) is 4.75. The molecule has 0 saturated carbocycles. The summed E-state index contributed by atoms with van der Waals surface area (Å²) in [5.74, 6) is -0.344. The van der Waals surface area contributed by atoms with Crippen molar-refractivity contribution in [2.45, 2.75) is 24.7 Å². The highest BCUT2D eigenvalue weighted by atomic mass is 35.7. The maximum atomic E-state index is 11.3. The molecule has 0 aliphatic carbocycles. The summed E-state index contributed by atoms with van der Waals surface area (Å²) < 4.78 is 27.3. The highest BCUT2D eigenvalue weighted by Crippen LogP contribution is 2.20. The molecule has 0 amide bonds. The van der Waals surface area contributed by atoms with Gasteiger partial charge in [0.05, 0.1) is 11.5 Å². The molecule has 0 radical (unpaired) electrons. The van der Waals surface area contributed by atoms with Crippen LogP contribution in [0.4, 0.5) is 0 Å². The molecule has 1 rings (SSSR count). The molecule has 1 aromatic carbocycles. The second-order valence-electron chi connectivity index (χ2n) is 3.49. The fourth-order valence-corrected chi connectivity index (χ4v) is 2.60. The maximum absolute atomic E-state index is 11.3. The van der Waals surface area contributed by atoms with Crippen molar-refractivity contribution in [1.82, 2.24) is 0 Å². The van der Waals surface area contributed by atoms with Crippen LogP contribution in [-0.2, 0) is 25.0 Å². The number of aryl methyl sites for hydroxylation is 1. The van der Waals surface area contributed by atoms with Crippen molar-refractivity contribution in [3.63, 3.8) is 0 Å². The van der Waals surface area contributed by atoms with Gasteiger partial charge < -0.3 is 4.74 Å². The van der Waals surface area contributed by atoms with E-state index in [-0.39, 0.29) is 17.5 Å². The van der Waals surface area contributed by atoms with Gasteiger partial charge >= 0.3 is 5.97 Å². The summed E-state index contributed by atoms with van der Waals surface area (Å²) in [7, 11) is 1.59. The van der Waals surface area contributed by atoms with Crippen molar-refractivity contribution in [2.75, 3.05) is 6.61 Å². The van der Waals surface area contributed by atoms with E-state index < -0.39 is 9.05 Å². The molecule has 0 fully saturated rings. The lowest BCUT2D eigenvalue weighted by molar-refractivity contribution is -0.141. The van der Waals surface area contributed by atoms with E-state index in [0.29, 0.717) is 18.4 Å². The molecule has 0 N–H and O–H groups in total. The van der Waals surface area contributed by atoms with E-state index in [2.05, 4.69) is 0 Å². The number of hydrogen-bond acceptors (Lipinski definition) is 4. The van der Waals surface area contributed by atoms with Gasteiger partial charge in [0.15, 0.2) is 0 Å². The zero-order valence-corrected chi connectivity index (χ0v) is 10.9. The lowest BCUT2D eigenvalue weighted by Crippen LogP contribution is -2.03. The van der Waals surface area contributed by atoms with Crippen LogP contribution in [0, 0.1) is 0 Å². The number of benzene rings is 1. The fraction of sp³-hybridized carbons (Fsp3) is 0.364. The molecule has 17 heavy (non-hydrogen) atoms.